The molecule has 1 unspecified atom stereocenters. The number of pyridine rings is 1. The average molecular weight is 359 g/mol. The van der Waals surface area contributed by atoms with E-state index in [4.69, 9.17) is 21.1 Å². The summed E-state index contributed by atoms with van der Waals surface area (Å²) in [4.78, 5) is 12.6. The standard InChI is InChI=1S/C17H15ClN4O3/c1-10(16-21-20-14-4-2-3-5-22(14)16)19-17(23)11-8-12(18)15-13(9-11)24-6-7-25-15/h2-5,8-10H,6-7H2,1H3,(H,19,23). The second kappa shape index (κ2) is 6.25. The molecule has 0 radical (unpaired) electrons. The van der Waals surface area contributed by atoms with Crippen LogP contribution in [0.4, 0.5) is 0 Å². The van der Waals surface area contributed by atoms with Crippen molar-refractivity contribution in [1.82, 2.24) is 19.9 Å². The molecule has 0 spiro atoms. The topological polar surface area (TPSA) is 77.8 Å². The third-order valence-electron chi connectivity index (χ3n) is 3.93. The SMILES string of the molecule is CC(NC(=O)c1cc(Cl)c2c(c1)OCCO2)c1nnc2ccccn12. The maximum Gasteiger partial charge on any atom is 0.252 e. The van der Waals surface area contributed by atoms with E-state index in [1.54, 1.807) is 12.1 Å². The Morgan fingerprint density at radius 2 is 2.12 bits per heavy atom. The van der Waals surface area contributed by atoms with Gasteiger partial charge in [-0.05, 0) is 31.2 Å². The minimum absolute atomic E-state index is 0.279. The van der Waals surface area contributed by atoms with Crippen LogP contribution in [-0.4, -0.2) is 33.7 Å². The Hall–Kier alpha value is -2.80. The maximum atomic E-state index is 12.6. The number of hydrogen-bond acceptors (Lipinski definition) is 5. The van der Waals surface area contributed by atoms with E-state index in [2.05, 4.69) is 15.5 Å². The van der Waals surface area contributed by atoms with Gasteiger partial charge in [-0.3, -0.25) is 9.20 Å². The number of fused-ring (bicyclic) bond motifs is 2. The van der Waals surface area contributed by atoms with Crippen molar-refractivity contribution in [3.8, 4) is 11.5 Å². The third-order valence-corrected chi connectivity index (χ3v) is 4.21. The van der Waals surface area contributed by atoms with Gasteiger partial charge in [-0.2, -0.15) is 0 Å². The van der Waals surface area contributed by atoms with E-state index in [1.165, 1.54) is 0 Å². The molecular weight excluding hydrogens is 344 g/mol. The van der Waals surface area contributed by atoms with Gasteiger partial charge in [0.2, 0.25) is 0 Å². The summed E-state index contributed by atoms with van der Waals surface area (Å²) < 4.78 is 12.8. The zero-order valence-corrected chi connectivity index (χ0v) is 14.2. The Labute approximate surface area is 148 Å². The molecule has 3 heterocycles. The molecule has 128 valence electrons. The van der Waals surface area contributed by atoms with Crippen LogP contribution in [0.15, 0.2) is 36.5 Å². The zero-order valence-electron chi connectivity index (χ0n) is 13.4. The van der Waals surface area contributed by atoms with Crippen molar-refractivity contribution in [3.05, 3.63) is 52.9 Å². The lowest BCUT2D eigenvalue weighted by molar-refractivity contribution is 0.0937. The Morgan fingerprint density at radius 3 is 3.00 bits per heavy atom. The predicted octanol–water partition coefficient (Wildman–Crippen LogP) is 2.64. The van der Waals surface area contributed by atoms with E-state index in [0.717, 1.165) is 5.65 Å². The quantitative estimate of drug-likeness (QED) is 0.778. The van der Waals surface area contributed by atoms with Gasteiger partial charge in [-0.25, -0.2) is 0 Å². The van der Waals surface area contributed by atoms with Crippen molar-refractivity contribution in [3.63, 3.8) is 0 Å². The first-order chi connectivity index (χ1) is 12.1. The van der Waals surface area contributed by atoms with E-state index in [1.807, 2.05) is 35.7 Å². The summed E-state index contributed by atoms with van der Waals surface area (Å²) in [5.74, 6) is 1.32. The molecule has 2 aromatic heterocycles. The van der Waals surface area contributed by atoms with Crippen molar-refractivity contribution < 1.29 is 14.3 Å². The number of amides is 1. The van der Waals surface area contributed by atoms with Crippen molar-refractivity contribution in [2.75, 3.05) is 13.2 Å². The Kier molecular flexibility index (Phi) is 3.93. The van der Waals surface area contributed by atoms with E-state index >= 15 is 0 Å². The summed E-state index contributed by atoms with van der Waals surface area (Å²) in [6.45, 7) is 2.72. The van der Waals surface area contributed by atoms with Crippen LogP contribution in [0.25, 0.3) is 5.65 Å². The number of carbonyl (C=O) groups excluding carboxylic acids is 1. The van der Waals surface area contributed by atoms with Crippen LogP contribution >= 0.6 is 11.6 Å². The van der Waals surface area contributed by atoms with Gasteiger partial charge in [0.25, 0.3) is 5.91 Å². The minimum atomic E-state index is -0.336. The maximum absolute atomic E-state index is 12.6. The van der Waals surface area contributed by atoms with Gasteiger partial charge in [0.05, 0.1) is 11.1 Å². The van der Waals surface area contributed by atoms with Crippen LogP contribution < -0.4 is 14.8 Å². The molecule has 1 N–H and O–H groups in total. The summed E-state index contributed by atoms with van der Waals surface area (Å²) >= 11 is 6.19. The third kappa shape index (κ3) is 2.87. The smallest absolute Gasteiger partial charge is 0.252 e. The molecule has 3 aromatic rings. The van der Waals surface area contributed by atoms with E-state index < -0.39 is 0 Å². The summed E-state index contributed by atoms with van der Waals surface area (Å²) in [5, 5.41) is 11.5. The van der Waals surface area contributed by atoms with Crippen LogP contribution in [-0.2, 0) is 0 Å². The highest BCUT2D eigenvalue weighted by atomic mass is 35.5. The minimum Gasteiger partial charge on any atom is -0.486 e. The molecule has 0 saturated heterocycles. The van der Waals surface area contributed by atoms with Crippen LogP contribution in [0.1, 0.15) is 29.1 Å². The summed E-state index contributed by atoms with van der Waals surface area (Å²) in [6, 6.07) is 8.48. The fraction of sp³-hybridized carbons (Fsp3) is 0.235. The first-order valence-corrected chi connectivity index (χ1v) is 8.21. The molecule has 0 fully saturated rings. The second-order valence-electron chi connectivity index (χ2n) is 5.66. The highest BCUT2D eigenvalue weighted by Gasteiger charge is 2.21. The molecule has 1 aliphatic rings. The zero-order chi connectivity index (χ0) is 17.4. The number of rotatable bonds is 3. The van der Waals surface area contributed by atoms with Crippen molar-refractivity contribution in [1.29, 1.82) is 0 Å². The largest absolute Gasteiger partial charge is 0.486 e. The number of ether oxygens (including phenoxy) is 2. The molecule has 0 aliphatic carbocycles. The van der Waals surface area contributed by atoms with Crippen LogP contribution in [0.5, 0.6) is 11.5 Å². The molecule has 8 heteroatoms. The van der Waals surface area contributed by atoms with E-state index in [-0.39, 0.29) is 11.9 Å². The van der Waals surface area contributed by atoms with Crippen molar-refractivity contribution in [2.24, 2.45) is 0 Å². The number of halogens is 1. The normalized spacial score (nSPS) is 14.3. The molecule has 7 nitrogen and oxygen atoms in total. The van der Waals surface area contributed by atoms with Gasteiger partial charge in [0.15, 0.2) is 23.0 Å². The monoisotopic (exact) mass is 358 g/mol. The number of aromatic nitrogens is 3. The predicted molar refractivity (Wildman–Crippen MR) is 91.3 cm³/mol. The molecule has 1 amide bonds. The number of carbonyl (C=O) groups is 1. The highest BCUT2D eigenvalue weighted by Crippen LogP contribution is 2.38. The van der Waals surface area contributed by atoms with E-state index in [9.17, 15) is 4.79 Å². The molecule has 1 atom stereocenters. The molecule has 25 heavy (non-hydrogen) atoms. The average Bonchev–Trinajstić information content (AvgIpc) is 3.06. The van der Waals surface area contributed by atoms with Crippen LogP contribution in [0.2, 0.25) is 5.02 Å². The lowest BCUT2D eigenvalue weighted by atomic mass is 10.1. The van der Waals surface area contributed by atoms with E-state index in [0.29, 0.717) is 41.1 Å². The first kappa shape index (κ1) is 15.7. The molecule has 1 aliphatic heterocycles. The van der Waals surface area contributed by atoms with Crippen molar-refractivity contribution in [2.45, 2.75) is 13.0 Å². The number of hydrogen-bond donors (Lipinski definition) is 1. The van der Waals surface area contributed by atoms with Gasteiger partial charge >= 0.3 is 0 Å². The fourth-order valence-corrected chi connectivity index (χ4v) is 3.01. The lowest BCUT2D eigenvalue weighted by Crippen LogP contribution is -2.28. The highest BCUT2D eigenvalue weighted by molar-refractivity contribution is 6.32. The Morgan fingerprint density at radius 1 is 1.28 bits per heavy atom. The van der Waals surface area contributed by atoms with Crippen molar-refractivity contribution >= 4 is 23.2 Å². The van der Waals surface area contributed by atoms with Crippen LogP contribution in [0, 0.1) is 0 Å². The van der Waals surface area contributed by atoms with Gasteiger partial charge in [0.1, 0.15) is 13.2 Å². The second-order valence-corrected chi connectivity index (χ2v) is 6.07. The Bertz CT molecular complexity index is 956. The van der Waals surface area contributed by atoms with Gasteiger partial charge in [-0.15, -0.1) is 10.2 Å². The summed E-state index contributed by atoms with van der Waals surface area (Å²) in [6.07, 6.45) is 1.86. The van der Waals surface area contributed by atoms with Gasteiger partial charge < -0.3 is 14.8 Å². The summed E-state index contributed by atoms with van der Waals surface area (Å²) in [7, 11) is 0. The van der Waals surface area contributed by atoms with Crippen LogP contribution in [0.3, 0.4) is 0 Å². The fourth-order valence-electron chi connectivity index (χ4n) is 2.74. The molecular formula is C17H15ClN4O3. The number of nitrogens with zero attached hydrogens (tertiary/aromatic N) is 3. The molecule has 4 rings (SSSR count). The molecule has 1 aromatic carbocycles. The van der Waals surface area contributed by atoms with Gasteiger partial charge in [-0.1, -0.05) is 17.7 Å². The first-order valence-electron chi connectivity index (χ1n) is 7.83. The molecule has 0 saturated carbocycles. The number of benzene rings is 1. The summed E-state index contributed by atoms with van der Waals surface area (Å²) in [5.41, 5.74) is 1.12. The Balaban J connectivity index is 1.58. The number of nitrogens with one attached hydrogen (secondary N) is 1. The van der Waals surface area contributed by atoms with Gasteiger partial charge in [0, 0.05) is 11.8 Å². The lowest BCUT2D eigenvalue weighted by Gasteiger charge is -2.20. The molecule has 0 bridgehead atoms.